The third-order valence-corrected chi connectivity index (χ3v) is 6.62. The molecule has 0 radical (unpaired) electrons. The van der Waals surface area contributed by atoms with Crippen molar-refractivity contribution in [2.75, 3.05) is 63.4 Å². The van der Waals surface area contributed by atoms with Gasteiger partial charge in [-0.3, -0.25) is 4.58 Å². The Balaban J connectivity index is 0.000000523. The highest BCUT2D eigenvalue weighted by Gasteiger charge is 2.41. The fraction of sp³-hybridized carbons (Fsp3) is 0.409. The van der Waals surface area contributed by atoms with Crippen LogP contribution in [0.5, 0.6) is 0 Å². The van der Waals surface area contributed by atoms with Crippen LogP contribution in [0.4, 0.5) is 28.6 Å². The fourth-order valence-corrected chi connectivity index (χ4v) is 5.15. The Kier molecular flexibility index (Phi) is 7.64. The molecule has 0 spiro atoms. The first kappa shape index (κ1) is 24.3. The van der Waals surface area contributed by atoms with Gasteiger partial charge in [0.15, 0.2) is 0 Å². The molecule has 0 bridgehead atoms. The van der Waals surface area contributed by atoms with E-state index in [1.165, 1.54) is 40.0 Å². The highest BCUT2D eigenvalue weighted by molar-refractivity contribution is 8.13. The van der Waals surface area contributed by atoms with Crippen molar-refractivity contribution < 1.29 is 21.8 Å². The van der Waals surface area contributed by atoms with E-state index in [0.717, 1.165) is 13.1 Å². The molecule has 0 aliphatic carbocycles. The van der Waals surface area contributed by atoms with Crippen molar-refractivity contribution in [3.05, 3.63) is 59.7 Å². The van der Waals surface area contributed by atoms with Crippen LogP contribution in [0.3, 0.4) is 0 Å². The van der Waals surface area contributed by atoms with Crippen LogP contribution in [-0.4, -0.2) is 75.5 Å². The summed E-state index contributed by atoms with van der Waals surface area (Å²) in [6.45, 7) is 3.42. The molecule has 2 aliphatic rings. The van der Waals surface area contributed by atoms with Gasteiger partial charge in [-0.25, -0.2) is 4.90 Å². The number of nitrogens with zero attached hydrogens (tertiary/aromatic N) is 4. The van der Waals surface area contributed by atoms with Crippen LogP contribution in [0.25, 0.3) is 0 Å². The molecule has 0 N–H and O–H groups in total. The number of rotatable bonds is 5. The molecule has 0 unspecified atom stereocenters. The van der Waals surface area contributed by atoms with E-state index in [4.69, 9.17) is 0 Å². The lowest BCUT2D eigenvalue weighted by molar-refractivity contribution is -0.507. The lowest BCUT2D eigenvalue weighted by Crippen LogP contribution is -2.31. The molecule has 0 fully saturated rings. The average Bonchev–Trinajstić information content (AvgIpc) is 3.33. The van der Waals surface area contributed by atoms with E-state index in [0.29, 0.717) is 0 Å². The largest absolute Gasteiger partial charge is 0.673 e. The van der Waals surface area contributed by atoms with Gasteiger partial charge >= 0.3 is 12.4 Å². The summed E-state index contributed by atoms with van der Waals surface area (Å²) in [5, 5.41) is 1.45. The van der Waals surface area contributed by atoms with E-state index in [1.807, 2.05) is 11.8 Å². The zero-order valence-corrected chi connectivity index (χ0v) is 19.6. The first-order valence-corrected chi connectivity index (χ1v) is 11.5. The second kappa shape index (κ2) is 10.1. The van der Waals surface area contributed by atoms with E-state index in [-0.39, 0.29) is 6.04 Å². The molecule has 2 heterocycles. The number of thioether (sulfide) groups is 1. The lowest BCUT2D eigenvalue weighted by Gasteiger charge is -2.25. The van der Waals surface area contributed by atoms with Crippen LogP contribution in [-0.2, 0) is 0 Å². The van der Waals surface area contributed by atoms with Gasteiger partial charge in [-0.05, 0) is 36.0 Å². The highest BCUT2D eigenvalue weighted by Crippen LogP contribution is 2.35. The van der Waals surface area contributed by atoms with E-state index < -0.39 is 7.25 Å². The number of halogens is 4. The Morgan fingerprint density at radius 1 is 0.812 bits per heavy atom. The predicted octanol–water partition coefficient (Wildman–Crippen LogP) is 4.64. The van der Waals surface area contributed by atoms with Crippen molar-refractivity contribution in [3.8, 4) is 0 Å². The summed E-state index contributed by atoms with van der Waals surface area (Å²) in [4.78, 5) is 6.92. The van der Waals surface area contributed by atoms with Crippen LogP contribution < -0.4 is 9.80 Å². The average molecular weight is 468 g/mol. The summed E-state index contributed by atoms with van der Waals surface area (Å²) >= 11 is 2.01. The third-order valence-electron chi connectivity index (χ3n) is 5.48. The summed E-state index contributed by atoms with van der Waals surface area (Å²) in [5.41, 5.74) is 5.21. The van der Waals surface area contributed by atoms with Crippen LogP contribution in [0, 0.1) is 0 Å². The number of hydrogen-bond acceptors (Lipinski definition) is 4. The summed E-state index contributed by atoms with van der Waals surface area (Å²) in [5.74, 6) is 1.21. The Morgan fingerprint density at radius 3 is 1.66 bits per heavy atom. The van der Waals surface area contributed by atoms with E-state index >= 15 is 0 Å². The van der Waals surface area contributed by atoms with E-state index in [2.05, 4.69) is 96.0 Å². The predicted molar refractivity (Wildman–Crippen MR) is 128 cm³/mol. The normalized spacial score (nSPS) is 15.6. The van der Waals surface area contributed by atoms with Crippen LogP contribution in [0.15, 0.2) is 48.5 Å². The molecule has 0 saturated carbocycles. The number of hydrogen-bond donors (Lipinski definition) is 0. The second-order valence-corrected chi connectivity index (χ2v) is 9.24. The minimum absolute atomic E-state index is 0.267. The molecular weight excluding hydrogens is 439 g/mol. The maximum absolute atomic E-state index is 9.75. The SMILES string of the molecule is CN(C)c1ccc(C(c2ccc(N(C)C)cc2)N2CC[N+]3=C2SCC3)cc1.F[B-](F)(F)F. The molecule has 2 aromatic rings. The Labute approximate surface area is 191 Å². The third kappa shape index (κ3) is 6.12. The van der Waals surface area contributed by atoms with Gasteiger partial charge in [0.2, 0.25) is 0 Å². The maximum atomic E-state index is 9.75. The molecule has 0 amide bonds. The van der Waals surface area contributed by atoms with Gasteiger partial charge < -0.3 is 27.1 Å². The zero-order chi connectivity index (χ0) is 23.5. The number of amidine groups is 1. The van der Waals surface area contributed by atoms with Gasteiger partial charge in [0, 0.05) is 56.4 Å². The van der Waals surface area contributed by atoms with Gasteiger partial charge in [-0.15, -0.1) is 0 Å². The standard InChI is InChI=1S/C22H29N4S.BF4/c1-23(2)19-9-5-17(6-10-19)21(18-7-11-20(12-8-18)24(3)4)26-14-13-25-15-16-27-22(25)26;2-1(3,4)5/h5-12,21H,13-16H2,1-4H3;/q+1;-1. The van der Waals surface area contributed by atoms with Gasteiger partial charge in [0.05, 0.1) is 6.54 Å². The minimum Gasteiger partial charge on any atom is -0.418 e. The Hall–Kier alpha value is -2.36. The summed E-state index contributed by atoms with van der Waals surface area (Å²) in [6.07, 6.45) is 0. The number of benzene rings is 2. The monoisotopic (exact) mass is 468 g/mol. The minimum atomic E-state index is -6.00. The summed E-state index contributed by atoms with van der Waals surface area (Å²) in [7, 11) is 2.37. The van der Waals surface area contributed by atoms with Gasteiger partial charge in [0.1, 0.15) is 19.1 Å². The van der Waals surface area contributed by atoms with Crippen molar-refractivity contribution >= 4 is 35.6 Å². The van der Waals surface area contributed by atoms with Gasteiger partial charge in [-0.1, -0.05) is 24.3 Å². The zero-order valence-electron chi connectivity index (χ0n) is 18.8. The molecular formula is C22H29BF4N4S. The first-order valence-electron chi connectivity index (χ1n) is 10.5. The second-order valence-electron chi connectivity index (χ2n) is 8.18. The van der Waals surface area contributed by atoms with Crippen molar-refractivity contribution in [2.45, 2.75) is 6.04 Å². The van der Waals surface area contributed by atoms with Gasteiger partial charge in [-0.2, -0.15) is 0 Å². The molecule has 0 aromatic heterocycles. The van der Waals surface area contributed by atoms with Crippen LogP contribution in [0.1, 0.15) is 17.2 Å². The molecule has 0 atom stereocenters. The highest BCUT2D eigenvalue weighted by atomic mass is 32.2. The van der Waals surface area contributed by atoms with Gasteiger partial charge in [0.25, 0.3) is 0 Å². The first-order chi connectivity index (χ1) is 15.0. The molecule has 2 aliphatic heterocycles. The van der Waals surface area contributed by atoms with Crippen molar-refractivity contribution in [2.24, 2.45) is 0 Å². The summed E-state index contributed by atoms with van der Waals surface area (Å²) < 4.78 is 41.5. The van der Waals surface area contributed by atoms with E-state index in [1.54, 1.807) is 0 Å². The molecule has 4 nitrogen and oxygen atoms in total. The molecule has 0 saturated heterocycles. The quantitative estimate of drug-likeness (QED) is 0.360. The van der Waals surface area contributed by atoms with Crippen LogP contribution in [0.2, 0.25) is 0 Å². The Morgan fingerprint density at radius 2 is 1.25 bits per heavy atom. The Bertz CT molecular complexity index is 873. The number of anilines is 2. The van der Waals surface area contributed by atoms with Crippen LogP contribution >= 0.6 is 11.8 Å². The molecule has 174 valence electrons. The molecule has 4 rings (SSSR count). The lowest BCUT2D eigenvalue weighted by atomic mass is 9.96. The van der Waals surface area contributed by atoms with E-state index in [9.17, 15) is 17.3 Å². The van der Waals surface area contributed by atoms with Crippen molar-refractivity contribution in [1.29, 1.82) is 0 Å². The molecule has 10 heteroatoms. The smallest absolute Gasteiger partial charge is 0.418 e. The molecule has 2 aromatic carbocycles. The maximum Gasteiger partial charge on any atom is 0.673 e. The van der Waals surface area contributed by atoms with Crippen molar-refractivity contribution in [3.63, 3.8) is 0 Å². The molecule has 32 heavy (non-hydrogen) atoms. The topological polar surface area (TPSA) is 12.7 Å². The summed E-state index contributed by atoms with van der Waals surface area (Å²) in [6, 6.07) is 18.4. The fourth-order valence-electron chi connectivity index (χ4n) is 3.93. The van der Waals surface area contributed by atoms with Crippen molar-refractivity contribution in [1.82, 2.24) is 4.90 Å².